The molecule has 3 rings (SSSR count). The number of hydrogen-bond donors (Lipinski definition) is 2. The molecule has 1 unspecified atom stereocenters. The van der Waals surface area contributed by atoms with Crippen molar-refractivity contribution < 1.29 is 4.79 Å². The number of nitrogens with zero attached hydrogens (tertiary/aromatic N) is 2. The second kappa shape index (κ2) is 8.13. The van der Waals surface area contributed by atoms with Gasteiger partial charge in [0.15, 0.2) is 0 Å². The highest BCUT2D eigenvalue weighted by atomic mass is 35.5. The molecule has 0 bridgehead atoms. The zero-order valence-electron chi connectivity index (χ0n) is 13.2. The van der Waals surface area contributed by atoms with Crippen LogP contribution in [0.5, 0.6) is 0 Å². The molecule has 5 nitrogen and oxygen atoms in total. The van der Waals surface area contributed by atoms with Crippen molar-refractivity contribution in [1.82, 2.24) is 20.4 Å². The average Bonchev–Trinajstić information content (AvgIpc) is 3.10. The summed E-state index contributed by atoms with van der Waals surface area (Å²) in [6.45, 7) is 3.90. The number of halogens is 1. The number of benzene rings is 1. The maximum atomic E-state index is 12.3. The van der Waals surface area contributed by atoms with E-state index in [0.717, 1.165) is 37.2 Å². The van der Waals surface area contributed by atoms with Crippen molar-refractivity contribution in [2.45, 2.75) is 25.8 Å². The molecule has 1 saturated heterocycles. The topological polar surface area (TPSA) is 59.0 Å². The minimum Gasteiger partial charge on any atom is -0.349 e. The van der Waals surface area contributed by atoms with Gasteiger partial charge in [-0.2, -0.15) is 5.10 Å². The molecule has 0 aliphatic carbocycles. The summed E-state index contributed by atoms with van der Waals surface area (Å²) in [5.41, 5.74) is 2.13. The van der Waals surface area contributed by atoms with Crippen molar-refractivity contribution in [3.8, 4) is 5.69 Å². The van der Waals surface area contributed by atoms with Crippen LogP contribution in [0.1, 0.15) is 31.4 Å². The minimum absolute atomic E-state index is 0. The van der Waals surface area contributed by atoms with Crippen LogP contribution in [0, 0.1) is 5.92 Å². The third kappa shape index (κ3) is 4.33. The van der Waals surface area contributed by atoms with Gasteiger partial charge in [0.2, 0.25) is 5.91 Å². The van der Waals surface area contributed by atoms with Crippen LogP contribution in [0.4, 0.5) is 0 Å². The normalized spacial score (nSPS) is 16.4. The molecule has 1 aliphatic heterocycles. The molecule has 1 fully saturated rings. The lowest BCUT2D eigenvalue weighted by atomic mass is 9.96. The first-order valence-corrected chi connectivity index (χ1v) is 7.85. The van der Waals surface area contributed by atoms with Gasteiger partial charge in [0.25, 0.3) is 0 Å². The van der Waals surface area contributed by atoms with E-state index in [4.69, 9.17) is 0 Å². The van der Waals surface area contributed by atoms with Crippen LogP contribution in [0.2, 0.25) is 0 Å². The van der Waals surface area contributed by atoms with Gasteiger partial charge in [0.1, 0.15) is 0 Å². The molecular weight excluding hydrogens is 312 g/mol. The van der Waals surface area contributed by atoms with E-state index in [1.807, 2.05) is 48.1 Å². The van der Waals surface area contributed by atoms with Gasteiger partial charge in [0, 0.05) is 18.3 Å². The predicted octanol–water partition coefficient (Wildman–Crippen LogP) is 2.47. The van der Waals surface area contributed by atoms with Crippen LogP contribution in [-0.4, -0.2) is 28.8 Å². The smallest absolute Gasteiger partial charge is 0.223 e. The maximum Gasteiger partial charge on any atom is 0.223 e. The van der Waals surface area contributed by atoms with Gasteiger partial charge >= 0.3 is 0 Å². The quantitative estimate of drug-likeness (QED) is 0.903. The molecule has 1 atom stereocenters. The first-order chi connectivity index (χ1) is 10.7. The summed E-state index contributed by atoms with van der Waals surface area (Å²) in [5, 5.41) is 10.6. The van der Waals surface area contributed by atoms with Crippen molar-refractivity contribution in [2.75, 3.05) is 13.1 Å². The second-order valence-electron chi connectivity index (χ2n) is 5.80. The van der Waals surface area contributed by atoms with Gasteiger partial charge < -0.3 is 10.6 Å². The Balaban J connectivity index is 0.00000192. The zero-order valence-corrected chi connectivity index (χ0v) is 14.1. The highest BCUT2D eigenvalue weighted by Crippen LogP contribution is 2.18. The lowest BCUT2D eigenvalue weighted by Crippen LogP contribution is -2.39. The van der Waals surface area contributed by atoms with E-state index in [2.05, 4.69) is 15.7 Å². The number of piperidine rings is 1. The second-order valence-corrected chi connectivity index (χ2v) is 5.80. The Hall–Kier alpha value is -1.85. The molecule has 2 N–H and O–H groups in total. The van der Waals surface area contributed by atoms with Crippen molar-refractivity contribution in [1.29, 1.82) is 0 Å². The zero-order chi connectivity index (χ0) is 15.4. The summed E-state index contributed by atoms with van der Waals surface area (Å²) in [4.78, 5) is 12.3. The summed E-state index contributed by atoms with van der Waals surface area (Å²) < 4.78 is 1.82. The van der Waals surface area contributed by atoms with Crippen LogP contribution in [0.15, 0.2) is 42.7 Å². The molecule has 1 amide bonds. The SMILES string of the molecule is CC(NC(=O)C1CCNCC1)c1ccc(-n2cccn2)cc1.Cl. The van der Waals surface area contributed by atoms with Crippen LogP contribution < -0.4 is 10.6 Å². The third-order valence-electron chi connectivity index (χ3n) is 4.23. The number of aromatic nitrogens is 2. The molecule has 0 radical (unpaired) electrons. The number of carbonyl (C=O) groups excluding carboxylic acids is 1. The molecule has 2 heterocycles. The molecule has 124 valence electrons. The summed E-state index contributed by atoms with van der Waals surface area (Å²) in [6.07, 6.45) is 5.53. The summed E-state index contributed by atoms with van der Waals surface area (Å²) >= 11 is 0. The van der Waals surface area contributed by atoms with E-state index in [-0.39, 0.29) is 30.3 Å². The molecule has 1 aliphatic rings. The van der Waals surface area contributed by atoms with Crippen molar-refractivity contribution >= 4 is 18.3 Å². The molecular formula is C17H23ClN4O. The highest BCUT2D eigenvalue weighted by Gasteiger charge is 2.22. The number of carbonyl (C=O) groups is 1. The van der Waals surface area contributed by atoms with E-state index in [1.54, 1.807) is 6.20 Å². The third-order valence-corrected chi connectivity index (χ3v) is 4.23. The van der Waals surface area contributed by atoms with E-state index >= 15 is 0 Å². The summed E-state index contributed by atoms with van der Waals surface area (Å²) in [7, 11) is 0. The van der Waals surface area contributed by atoms with Gasteiger partial charge in [-0.1, -0.05) is 12.1 Å². The van der Waals surface area contributed by atoms with Gasteiger partial charge in [-0.3, -0.25) is 4.79 Å². The Morgan fingerprint density at radius 3 is 2.61 bits per heavy atom. The fraction of sp³-hybridized carbons (Fsp3) is 0.412. The molecule has 0 spiro atoms. The maximum absolute atomic E-state index is 12.3. The van der Waals surface area contributed by atoms with E-state index < -0.39 is 0 Å². The Labute approximate surface area is 142 Å². The van der Waals surface area contributed by atoms with Gasteiger partial charge in [-0.25, -0.2) is 4.68 Å². The minimum atomic E-state index is 0. The fourth-order valence-corrected chi connectivity index (χ4v) is 2.84. The lowest BCUT2D eigenvalue weighted by Gasteiger charge is -2.24. The number of amides is 1. The fourth-order valence-electron chi connectivity index (χ4n) is 2.84. The molecule has 6 heteroatoms. The van der Waals surface area contributed by atoms with E-state index in [0.29, 0.717) is 0 Å². The standard InChI is InChI=1S/C17H22N4O.ClH/c1-13(20-17(22)15-7-10-18-11-8-15)14-3-5-16(6-4-14)21-12-2-9-19-21;/h2-6,9,12-13,15,18H,7-8,10-11H2,1H3,(H,20,22);1H. The van der Waals surface area contributed by atoms with Gasteiger partial charge in [-0.15, -0.1) is 12.4 Å². The van der Waals surface area contributed by atoms with Crippen molar-refractivity contribution in [3.63, 3.8) is 0 Å². The average molecular weight is 335 g/mol. The first kappa shape index (κ1) is 17.5. The first-order valence-electron chi connectivity index (χ1n) is 7.85. The van der Waals surface area contributed by atoms with Gasteiger partial charge in [0.05, 0.1) is 11.7 Å². The largest absolute Gasteiger partial charge is 0.349 e. The number of hydrogen-bond acceptors (Lipinski definition) is 3. The van der Waals surface area contributed by atoms with Crippen molar-refractivity contribution in [3.05, 3.63) is 48.3 Å². The highest BCUT2D eigenvalue weighted by molar-refractivity contribution is 5.85. The van der Waals surface area contributed by atoms with Gasteiger partial charge in [-0.05, 0) is 56.6 Å². The molecule has 2 aromatic rings. The molecule has 0 saturated carbocycles. The van der Waals surface area contributed by atoms with Crippen LogP contribution >= 0.6 is 12.4 Å². The van der Waals surface area contributed by atoms with Crippen molar-refractivity contribution in [2.24, 2.45) is 5.92 Å². The van der Waals surface area contributed by atoms with Crippen LogP contribution in [-0.2, 0) is 4.79 Å². The Bertz CT molecular complexity index is 606. The van der Waals surface area contributed by atoms with Crippen LogP contribution in [0.3, 0.4) is 0 Å². The monoisotopic (exact) mass is 334 g/mol. The molecule has 1 aromatic heterocycles. The Morgan fingerprint density at radius 1 is 1.30 bits per heavy atom. The Kier molecular flexibility index (Phi) is 6.19. The lowest BCUT2D eigenvalue weighted by molar-refractivity contribution is -0.126. The number of rotatable bonds is 4. The van der Waals surface area contributed by atoms with Crippen LogP contribution in [0.25, 0.3) is 5.69 Å². The van der Waals surface area contributed by atoms with E-state index in [9.17, 15) is 4.79 Å². The summed E-state index contributed by atoms with van der Waals surface area (Å²) in [6, 6.07) is 10.1. The summed E-state index contributed by atoms with van der Waals surface area (Å²) in [5.74, 6) is 0.317. The number of nitrogens with one attached hydrogen (secondary N) is 2. The Morgan fingerprint density at radius 2 is 2.00 bits per heavy atom. The molecule has 1 aromatic carbocycles. The van der Waals surface area contributed by atoms with E-state index in [1.165, 1.54) is 0 Å². The molecule has 23 heavy (non-hydrogen) atoms. The predicted molar refractivity (Wildman–Crippen MR) is 93.0 cm³/mol.